The largest absolute Gasteiger partial charge is 0.441 e. The summed E-state index contributed by atoms with van der Waals surface area (Å²) in [5, 5.41) is 9.21. The molecular formula is C25H23F3N4O2. The van der Waals surface area contributed by atoms with Crippen molar-refractivity contribution in [2.45, 2.75) is 50.6 Å². The highest BCUT2D eigenvalue weighted by Crippen LogP contribution is 2.41. The van der Waals surface area contributed by atoms with Crippen molar-refractivity contribution in [2.75, 3.05) is 6.54 Å². The van der Waals surface area contributed by atoms with E-state index < -0.39 is 23.4 Å². The van der Waals surface area contributed by atoms with E-state index in [0.717, 1.165) is 42.4 Å². The van der Waals surface area contributed by atoms with Gasteiger partial charge in [-0.2, -0.15) is 18.4 Å². The Bertz CT molecular complexity index is 1280. The van der Waals surface area contributed by atoms with E-state index in [9.17, 15) is 23.2 Å². The number of carbonyl (C=O) groups is 1. The van der Waals surface area contributed by atoms with Gasteiger partial charge >= 0.3 is 12.3 Å². The van der Waals surface area contributed by atoms with Gasteiger partial charge in [0.2, 0.25) is 0 Å². The number of nitrogens with zero attached hydrogens (tertiary/aromatic N) is 4. The van der Waals surface area contributed by atoms with Gasteiger partial charge in [-0.05, 0) is 67.5 Å². The topological polar surface area (TPSA) is 71.2 Å². The van der Waals surface area contributed by atoms with Gasteiger partial charge < -0.3 is 9.30 Å². The lowest BCUT2D eigenvalue weighted by Crippen LogP contribution is -2.40. The van der Waals surface area contributed by atoms with Crippen LogP contribution < -0.4 is 0 Å². The lowest BCUT2D eigenvalue weighted by molar-refractivity contribution is -0.137. The van der Waals surface area contributed by atoms with E-state index in [1.165, 1.54) is 11.0 Å². The zero-order valence-corrected chi connectivity index (χ0v) is 18.4. The van der Waals surface area contributed by atoms with Crippen molar-refractivity contribution in [3.63, 3.8) is 0 Å². The molecule has 2 unspecified atom stereocenters. The predicted molar refractivity (Wildman–Crippen MR) is 117 cm³/mol. The van der Waals surface area contributed by atoms with Crippen LogP contribution in [-0.2, 0) is 24.0 Å². The monoisotopic (exact) mass is 468 g/mol. The molecule has 2 fully saturated rings. The van der Waals surface area contributed by atoms with Crippen LogP contribution in [0.15, 0.2) is 48.8 Å². The maximum absolute atomic E-state index is 13.1. The molecule has 1 saturated heterocycles. The molecule has 9 heteroatoms. The third-order valence-electron chi connectivity index (χ3n) is 6.78. The number of halogens is 3. The summed E-state index contributed by atoms with van der Waals surface area (Å²) in [4.78, 5) is 18.6. The van der Waals surface area contributed by atoms with E-state index in [2.05, 4.69) is 11.1 Å². The van der Waals surface area contributed by atoms with E-state index in [1.54, 1.807) is 18.5 Å². The highest BCUT2D eigenvalue weighted by Gasteiger charge is 2.48. The number of hydrogen-bond donors (Lipinski definition) is 0. The molecule has 1 aliphatic carbocycles. The van der Waals surface area contributed by atoms with Crippen molar-refractivity contribution in [1.82, 2.24) is 14.5 Å². The average molecular weight is 468 g/mol. The van der Waals surface area contributed by atoms with Gasteiger partial charge in [-0.15, -0.1) is 0 Å². The Balaban J connectivity index is 1.29. The van der Waals surface area contributed by atoms with Crippen molar-refractivity contribution in [2.24, 2.45) is 5.92 Å². The van der Waals surface area contributed by atoms with E-state index in [4.69, 9.17) is 4.74 Å². The van der Waals surface area contributed by atoms with E-state index in [-0.39, 0.29) is 12.5 Å². The molecular weight excluding hydrogens is 445 g/mol. The van der Waals surface area contributed by atoms with Crippen LogP contribution in [-0.4, -0.2) is 32.7 Å². The molecule has 0 radical (unpaired) electrons. The number of benzene rings is 2. The standard InChI is InChI=1S/C25H23F3N4O2/c26-25(27,28)20-5-1-3-18(9-20)13-31-15-24(34-23(31)33)8-2-4-19(11-24)14-32-16-30-21-7-6-17(12-29)10-22(21)32/h1,3,5-7,9-10,16,19H,2,4,8,11,13-15H2. The van der Waals surface area contributed by atoms with E-state index >= 15 is 0 Å². The Morgan fingerprint density at radius 1 is 1.24 bits per heavy atom. The first kappa shape index (κ1) is 22.3. The first-order valence-corrected chi connectivity index (χ1v) is 11.2. The summed E-state index contributed by atoms with van der Waals surface area (Å²) in [5.74, 6) is 0.248. The Morgan fingerprint density at radius 3 is 2.88 bits per heavy atom. The van der Waals surface area contributed by atoms with Crippen LogP contribution in [0.25, 0.3) is 11.0 Å². The number of hydrogen-bond acceptors (Lipinski definition) is 4. The molecule has 5 rings (SSSR count). The lowest BCUT2D eigenvalue weighted by Gasteiger charge is -2.36. The van der Waals surface area contributed by atoms with Gasteiger partial charge in [-0.25, -0.2) is 9.78 Å². The van der Waals surface area contributed by atoms with Gasteiger partial charge in [0.05, 0.1) is 41.1 Å². The van der Waals surface area contributed by atoms with E-state index in [0.29, 0.717) is 30.6 Å². The molecule has 2 atom stereocenters. The minimum Gasteiger partial charge on any atom is -0.441 e. The molecule has 3 aromatic rings. The Hall–Kier alpha value is -3.54. The fourth-order valence-electron chi connectivity index (χ4n) is 5.27. The van der Waals surface area contributed by atoms with Gasteiger partial charge in [-0.3, -0.25) is 4.90 Å². The fraction of sp³-hybridized carbons (Fsp3) is 0.400. The van der Waals surface area contributed by atoms with Gasteiger partial charge in [0.1, 0.15) is 5.60 Å². The number of aromatic nitrogens is 2. The van der Waals surface area contributed by atoms with Crippen molar-refractivity contribution in [3.8, 4) is 6.07 Å². The molecule has 1 amide bonds. The van der Waals surface area contributed by atoms with Crippen LogP contribution in [0.5, 0.6) is 0 Å². The molecule has 2 aliphatic rings. The number of imidazole rings is 1. The number of carbonyl (C=O) groups excluding carboxylic acids is 1. The highest BCUT2D eigenvalue weighted by molar-refractivity contribution is 5.77. The van der Waals surface area contributed by atoms with Gasteiger partial charge in [0.25, 0.3) is 0 Å². The van der Waals surface area contributed by atoms with Crippen LogP contribution in [0, 0.1) is 17.2 Å². The predicted octanol–water partition coefficient (Wildman–Crippen LogP) is 5.51. The van der Waals surface area contributed by atoms with E-state index in [1.807, 2.05) is 16.7 Å². The molecule has 1 spiro atoms. The minimum atomic E-state index is -4.43. The quantitative estimate of drug-likeness (QED) is 0.506. The van der Waals surface area contributed by atoms with Crippen LogP contribution in [0.4, 0.5) is 18.0 Å². The van der Waals surface area contributed by atoms with Gasteiger partial charge in [0, 0.05) is 13.1 Å². The minimum absolute atomic E-state index is 0.0816. The molecule has 34 heavy (non-hydrogen) atoms. The van der Waals surface area contributed by atoms with Crippen molar-refractivity contribution >= 4 is 17.1 Å². The summed E-state index contributed by atoms with van der Waals surface area (Å²) >= 11 is 0. The van der Waals surface area contributed by atoms with Crippen molar-refractivity contribution in [3.05, 3.63) is 65.5 Å². The summed E-state index contributed by atoms with van der Waals surface area (Å²) in [6, 6.07) is 12.6. The van der Waals surface area contributed by atoms with Crippen molar-refractivity contribution < 1.29 is 22.7 Å². The van der Waals surface area contributed by atoms with Crippen LogP contribution in [0.3, 0.4) is 0 Å². The molecule has 176 valence electrons. The molecule has 0 N–H and O–H groups in total. The summed E-state index contributed by atoms with van der Waals surface area (Å²) < 4.78 is 47.0. The fourth-order valence-corrected chi connectivity index (χ4v) is 5.27. The summed E-state index contributed by atoms with van der Waals surface area (Å²) in [5.41, 5.74) is 1.36. The Kier molecular flexibility index (Phi) is 5.47. The number of ether oxygens (including phenoxy) is 1. The Labute approximate surface area is 194 Å². The first-order valence-electron chi connectivity index (χ1n) is 11.2. The number of amides is 1. The highest BCUT2D eigenvalue weighted by atomic mass is 19.4. The zero-order chi connectivity index (χ0) is 23.9. The summed E-state index contributed by atoms with van der Waals surface area (Å²) in [6.07, 6.45) is 0.145. The second kappa shape index (κ2) is 8.35. The SMILES string of the molecule is N#Cc1ccc2ncn(CC3CCCC4(C3)CN(Cc3cccc(C(F)(F)F)c3)C(=O)O4)c2c1. The molecule has 0 bridgehead atoms. The Morgan fingerprint density at radius 2 is 2.09 bits per heavy atom. The first-order chi connectivity index (χ1) is 16.2. The smallest absolute Gasteiger partial charge is 0.416 e. The second-order valence-corrected chi connectivity index (χ2v) is 9.28. The average Bonchev–Trinajstić information content (AvgIpc) is 3.33. The maximum Gasteiger partial charge on any atom is 0.416 e. The molecule has 2 aromatic carbocycles. The van der Waals surface area contributed by atoms with Crippen LogP contribution >= 0.6 is 0 Å². The number of nitriles is 1. The van der Waals surface area contributed by atoms with Crippen molar-refractivity contribution in [1.29, 1.82) is 5.26 Å². The van der Waals surface area contributed by atoms with Gasteiger partial charge in [-0.1, -0.05) is 12.1 Å². The summed E-state index contributed by atoms with van der Waals surface area (Å²) in [6.45, 7) is 1.14. The molecule has 2 heterocycles. The lowest BCUT2D eigenvalue weighted by atomic mass is 9.78. The normalized spacial score (nSPS) is 22.8. The number of alkyl halides is 3. The van der Waals surface area contributed by atoms with Gasteiger partial charge in [0.15, 0.2) is 0 Å². The van der Waals surface area contributed by atoms with Crippen LogP contribution in [0.1, 0.15) is 42.4 Å². The second-order valence-electron chi connectivity index (χ2n) is 9.28. The maximum atomic E-state index is 13.1. The number of fused-ring (bicyclic) bond motifs is 1. The van der Waals surface area contributed by atoms with Crippen LogP contribution in [0.2, 0.25) is 0 Å². The third-order valence-corrected chi connectivity index (χ3v) is 6.78. The summed E-state index contributed by atoms with van der Waals surface area (Å²) in [7, 11) is 0. The molecule has 1 aliphatic heterocycles. The number of rotatable bonds is 4. The molecule has 1 saturated carbocycles. The third kappa shape index (κ3) is 4.32. The molecule has 6 nitrogen and oxygen atoms in total. The zero-order valence-electron chi connectivity index (χ0n) is 18.4. The molecule has 1 aromatic heterocycles.